The van der Waals surface area contributed by atoms with E-state index in [-0.39, 0.29) is 0 Å². The van der Waals surface area contributed by atoms with E-state index in [9.17, 15) is 0 Å². The zero-order valence-corrected chi connectivity index (χ0v) is 19.1. The summed E-state index contributed by atoms with van der Waals surface area (Å²) < 4.78 is 0. The first-order valence-corrected chi connectivity index (χ1v) is 11.3. The quantitative estimate of drug-likeness (QED) is 0.284. The van der Waals surface area contributed by atoms with Gasteiger partial charge >= 0.3 is 0 Å². The molecule has 0 aliphatic heterocycles. The van der Waals surface area contributed by atoms with Crippen LogP contribution in [-0.4, -0.2) is 35.1 Å². The van der Waals surface area contributed by atoms with E-state index in [2.05, 4.69) is 55.0 Å². The number of nitrogens with one attached hydrogen (secondary N) is 3. The van der Waals surface area contributed by atoms with Crippen LogP contribution < -0.4 is 5.32 Å². The lowest BCUT2D eigenvalue weighted by atomic mass is 10.1. The van der Waals surface area contributed by atoms with Crippen LogP contribution in [0.2, 0.25) is 0 Å². The number of hydrogen-bond acceptors (Lipinski definition) is 6. The molecule has 0 saturated heterocycles. The fourth-order valence-electron chi connectivity index (χ4n) is 4.08. The maximum atomic E-state index is 4.94. The van der Waals surface area contributed by atoms with E-state index in [1.807, 2.05) is 48.7 Å². The molecular weight excluding hydrogens is 436 g/mol. The van der Waals surface area contributed by atoms with Gasteiger partial charge in [0.05, 0.1) is 40.2 Å². The molecule has 0 bridgehead atoms. The van der Waals surface area contributed by atoms with Crippen molar-refractivity contribution in [2.75, 3.05) is 5.32 Å². The minimum atomic E-state index is 0.742. The molecule has 6 heterocycles. The summed E-state index contributed by atoms with van der Waals surface area (Å²) in [5.41, 5.74) is 9.37. The molecule has 0 spiro atoms. The number of aromatic amines is 2. The maximum Gasteiger partial charge on any atom is 0.135 e. The standard InChI is InChI=1S/C27H22N8/c1-3-16(2)31-18-12-17(14-28-15-18)20-7-8-23-26(33-20)27(35-34-23)24-13-19-21(32-24)9-11-30-25(19)22-6-4-5-10-29-22/h4-15,31-32H,2-3H2,1H3,(H,34,35). The predicted octanol–water partition coefficient (Wildman–Crippen LogP) is 5.96. The Labute approximate surface area is 201 Å². The molecule has 6 rings (SSSR count). The second-order valence-corrected chi connectivity index (χ2v) is 8.23. The summed E-state index contributed by atoms with van der Waals surface area (Å²) >= 11 is 0. The van der Waals surface area contributed by atoms with E-state index in [0.29, 0.717) is 0 Å². The van der Waals surface area contributed by atoms with Gasteiger partial charge in [0.25, 0.3) is 0 Å². The number of nitrogens with zero attached hydrogens (tertiary/aromatic N) is 5. The normalized spacial score (nSPS) is 11.2. The van der Waals surface area contributed by atoms with Crippen LogP contribution in [0, 0.1) is 0 Å². The van der Waals surface area contributed by atoms with E-state index in [4.69, 9.17) is 4.98 Å². The lowest BCUT2D eigenvalue weighted by Crippen LogP contribution is -1.97. The highest BCUT2D eigenvalue weighted by atomic mass is 15.1. The summed E-state index contributed by atoms with van der Waals surface area (Å²) in [7, 11) is 0. The van der Waals surface area contributed by atoms with Crippen molar-refractivity contribution in [3.05, 3.63) is 85.6 Å². The Kier molecular flexibility index (Phi) is 5.03. The fraction of sp³-hybridized carbons (Fsp3) is 0.0741. The van der Waals surface area contributed by atoms with Gasteiger partial charge in [0.2, 0.25) is 0 Å². The molecule has 0 unspecified atom stereocenters. The van der Waals surface area contributed by atoms with E-state index >= 15 is 0 Å². The Balaban J connectivity index is 1.43. The molecular formula is C27H22N8. The van der Waals surface area contributed by atoms with Crippen molar-refractivity contribution >= 4 is 27.6 Å². The highest BCUT2D eigenvalue weighted by Gasteiger charge is 2.16. The van der Waals surface area contributed by atoms with Gasteiger partial charge in [-0.1, -0.05) is 19.6 Å². The van der Waals surface area contributed by atoms with Crippen LogP contribution in [0.4, 0.5) is 5.69 Å². The van der Waals surface area contributed by atoms with Crippen molar-refractivity contribution in [1.29, 1.82) is 0 Å². The molecule has 8 heteroatoms. The van der Waals surface area contributed by atoms with Gasteiger partial charge in [-0.05, 0) is 48.9 Å². The second kappa shape index (κ2) is 8.49. The number of fused-ring (bicyclic) bond motifs is 2. The molecule has 0 radical (unpaired) electrons. The van der Waals surface area contributed by atoms with Crippen LogP contribution in [0.25, 0.3) is 56.0 Å². The first-order chi connectivity index (χ1) is 17.2. The number of rotatable bonds is 6. The van der Waals surface area contributed by atoms with Crippen molar-refractivity contribution in [1.82, 2.24) is 35.1 Å². The number of aromatic nitrogens is 7. The van der Waals surface area contributed by atoms with Gasteiger partial charge in [0, 0.05) is 40.8 Å². The number of pyridine rings is 4. The van der Waals surface area contributed by atoms with Gasteiger partial charge in [0.1, 0.15) is 11.2 Å². The molecule has 0 atom stereocenters. The third kappa shape index (κ3) is 3.80. The van der Waals surface area contributed by atoms with Crippen LogP contribution in [0.15, 0.2) is 85.6 Å². The summed E-state index contributed by atoms with van der Waals surface area (Å²) in [5, 5.41) is 11.9. The SMILES string of the molecule is C=C(CC)Nc1cncc(-c2ccc3[nH]nc(-c4cc5c(-c6ccccn6)nccc5[nH]4)c3n2)c1. The summed E-state index contributed by atoms with van der Waals surface area (Å²) in [4.78, 5) is 21.8. The number of H-pyrrole nitrogens is 2. The van der Waals surface area contributed by atoms with Crippen molar-refractivity contribution in [2.24, 2.45) is 0 Å². The molecule has 0 aliphatic carbocycles. The lowest BCUT2D eigenvalue weighted by Gasteiger charge is -2.08. The zero-order chi connectivity index (χ0) is 23.8. The van der Waals surface area contributed by atoms with Crippen molar-refractivity contribution < 1.29 is 0 Å². The molecule has 0 aromatic carbocycles. The van der Waals surface area contributed by atoms with Crippen molar-refractivity contribution in [3.63, 3.8) is 0 Å². The molecule has 0 saturated carbocycles. The van der Waals surface area contributed by atoms with Gasteiger partial charge in [-0.25, -0.2) is 4.98 Å². The van der Waals surface area contributed by atoms with E-state index in [0.717, 1.165) is 73.8 Å². The third-order valence-corrected chi connectivity index (χ3v) is 5.90. The van der Waals surface area contributed by atoms with Gasteiger partial charge in [0.15, 0.2) is 0 Å². The van der Waals surface area contributed by atoms with E-state index < -0.39 is 0 Å². The summed E-state index contributed by atoms with van der Waals surface area (Å²) in [5.74, 6) is 0. The predicted molar refractivity (Wildman–Crippen MR) is 138 cm³/mol. The largest absolute Gasteiger partial charge is 0.358 e. The maximum absolute atomic E-state index is 4.94. The average molecular weight is 459 g/mol. The van der Waals surface area contributed by atoms with Crippen LogP contribution in [0.5, 0.6) is 0 Å². The topological polar surface area (TPSA) is 108 Å². The molecule has 170 valence electrons. The minimum Gasteiger partial charge on any atom is -0.358 e. The Morgan fingerprint density at radius 1 is 0.943 bits per heavy atom. The zero-order valence-electron chi connectivity index (χ0n) is 19.1. The number of allylic oxidation sites excluding steroid dienone is 1. The number of hydrogen-bond donors (Lipinski definition) is 3. The summed E-state index contributed by atoms with van der Waals surface area (Å²) in [6.45, 7) is 6.07. The van der Waals surface area contributed by atoms with Gasteiger partial charge in [-0.15, -0.1) is 0 Å². The highest BCUT2D eigenvalue weighted by molar-refractivity contribution is 5.98. The molecule has 35 heavy (non-hydrogen) atoms. The molecule has 0 aliphatic rings. The smallest absolute Gasteiger partial charge is 0.135 e. The Morgan fingerprint density at radius 2 is 1.89 bits per heavy atom. The monoisotopic (exact) mass is 458 g/mol. The van der Waals surface area contributed by atoms with Crippen LogP contribution in [-0.2, 0) is 0 Å². The molecule has 0 amide bonds. The first kappa shape index (κ1) is 20.7. The molecule has 6 aromatic heterocycles. The second-order valence-electron chi connectivity index (χ2n) is 8.23. The molecule has 3 N–H and O–H groups in total. The van der Waals surface area contributed by atoms with Gasteiger partial charge in [-0.3, -0.25) is 20.1 Å². The van der Waals surface area contributed by atoms with Crippen molar-refractivity contribution in [3.8, 4) is 34.0 Å². The number of anilines is 1. The molecule has 0 fully saturated rings. The van der Waals surface area contributed by atoms with Gasteiger partial charge < -0.3 is 10.3 Å². The van der Waals surface area contributed by atoms with Crippen LogP contribution in [0.1, 0.15) is 13.3 Å². The Bertz CT molecular complexity index is 1680. The van der Waals surface area contributed by atoms with Gasteiger partial charge in [-0.2, -0.15) is 5.10 Å². The highest BCUT2D eigenvalue weighted by Crippen LogP contribution is 2.32. The summed E-state index contributed by atoms with van der Waals surface area (Å²) in [6, 6.07) is 15.8. The van der Waals surface area contributed by atoms with Crippen LogP contribution >= 0.6 is 0 Å². The Morgan fingerprint density at radius 3 is 2.74 bits per heavy atom. The molecule has 8 nitrogen and oxygen atoms in total. The van der Waals surface area contributed by atoms with Crippen molar-refractivity contribution in [2.45, 2.75) is 13.3 Å². The fourth-order valence-corrected chi connectivity index (χ4v) is 4.08. The average Bonchev–Trinajstić information content (AvgIpc) is 3.53. The Hall–Kier alpha value is -4.85. The molecule has 6 aromatic rings. The van der Waals surface area contributed by atoms with Crippen LogP contribution in [0.3, 0.4) is 0 Å². The summed E-state index contributed by atoms with van der Waals surface area (Å²) in [6.07, 6.45) is 7.99. The van der Waals surface area contributed by atoms with E-state index in [1.165, 1.54) is 0 Å². The minimum absolute atomic E-state index is 0.742. The first-order valence-electron chi connectivity index (χ1n) is 11.3. The van der Waals surface area contributed by atoms with E-state index in [1.54, 1.807) is 18.6 Å². The lowest BCUT2D eigenvalue weighted by molar-refractivity contribution is 1.11. The third-order valence-electron chi connectivity index (χ3n) is 5.90.